The van der Waals surface area contributed by atoms with Crippen molar-refractivity contribution in [1.29, 1.82) is 0 Å². The number of benzene rings is 1. The molecule has 0 radical (unpaired) electrons. The van der Waals surface area contributed by atoms with Crippen molar-refractivity contribution in [2.24, 2.45) is 22.7 Å². The largest absolute Gasteiger partial charge is 0.458 e. The molecule has 7 unspecified atom stereocenters. The average molecular weight is 475 g/mol. The van der Waals surface area contributed by atoms with Gasteiger partial charge in [-0.3, -0.25) is 0 Å². The van der Waals surface area contributed by atoms with E-state index in [9.17, 15) is 18.7 Å². The summed E-state index contributed by atoms with van der Waals surface area (Å²) in [5.74, 6) is -1.46. The molecule has 1 aromatic rings. The Morgan fingerprint density at radius 3 is 2.59 bits per heavy atom. The van der Waals surface area contributed by atoms with Crippen molar-refractivity contribution in [2.45, 2.75) is 64.4 Å². The molecule has 2 heterocycles. The molecule has 4 aliphatic rings. The SMILES string of the molecule is C=C1CCC2C3(C)COC(c4cc(F)cc(F)c4)OC3CCC2(C)C1CC(O)C1=CCOC1=O. The van der Waals surface area contributed by atoms with Crippen molar-refractivity contribution < 1.29 is 32.9 Å². The Labute approximate surface area is 198 Å². The molecular formula is C27H32F2O5. The zero-order valence-electron chi connectivity index (χ0n) is 19.7. The van der Waals surface area contributed by atoms with E-state index in [0.717, 1.165) is 37.3 Å². The number of ether oxygens (including phenoxy) is 3. The number of hydrogen-bond donors (Lipinski definition) is 1. The summed E-state index contributed by atoms with van der Waals surface area (Å²) in [4.78, 5) is 12.0. The highest BCUT2D eigenvalue weighted by molar-refractivity contribution is 5.91. The van der Waals surface area contributed by atoms with Gasteiger partial charge < -0.3 is 19.3 Å². The van der Waals surface area contributed by atoms with Crippen LogP contribution < -0.4 is 0 Å². The number of aliphatic hydroxyl groups excluding tert-OH is 1. The van der Waals surface area contributed by atoms with Crippen LogP contribution in [0, 0.1) is 34.3 Å². The van der Waals surface area contributed by atoms with Crippen molar-refractivity contribution in [3.05, 3.63) is 59.2 Å². The molecule has 184 valence electrons. The lowest BCUT2D eigenvalue weighted by Gasteiger charge is -2.62. The Morgan fingerprint density at radius 2 is 1.91 bits per heavy atom. The predicted octanol–water partition coefficient (Wildman–Crippen LogP) is 5.00. The second-order valence-corrected chi connectivity index (χ2v) is 10.8. The van der Waals surface area contributed by atoms with E-state index in [4.69, 9.17) is 14.2 Å². The maximum atomic E-state index is 13.8. The van der Waals surface area contributed by atoms with Gasteiger partial charge in [0.1, 0.15) is 18.2 Å². The van der Waals surface area contributed by atoms with E-state index in [2.05, 4.69) is 20.4 Å². The molecule has 0 aromatic heterocycles. The van der Waals surface area contributed by atoms with Crippen LogP contribution in [0.4, 0.5) is 8.78 Å². The zero-order chi connectivity index (χ0) is 24.3. The molecule has 1 saturated heterocycles. The predicted molar refractivity (Wildman–Crippen MR) is 120 cm³/mol. The summed E-state index contributed by atoms with van der Waals surface area (Å²) in [6.07, 6.45) is 3.70. The minimum atomic E-state index is -0.885. The molecule has 1 N–H and O–H groups in total. The molecule has 7 atom stereocenters. The van der Waals surface area contributed by atoms with Gasteiger partial charge in [0.2, 0.25) is 0 Å². The fourth-order valence-electron chi connectivity index (χ4n) is 7.15. The van der Waals surface area contributed by atoms with Gasteiger partial charge in [-0.05, 0) is 67.6 Å². The highest BCUT2D eigenvalue weighted by Crippen LogP contribution is 2.64. The topological polar surface area (TPSA) is 65.0 Å². The minimum absolute atomic E-state index is 0.0448. The third kappa shape index (κ3) is 3.82. The number of esters is 1. The van der Waals surface area contributed by atoms with Crippen LogP contribution in [0.1, 0.15) is 57.8 Å². The average Bonchev–Trinajstić information content (AvgIpc) is 3.21. The molecule has 5 rings (SSSR count). The van der Waals surface area contributed by atoms with Crippen LogP contribution >= 0.6 is 0 Å². The van der Waals surface area contributed by atoms with Crippen LogP contribution in [0.25, 0.3) is 0 Å². The molecule has 2 aliphatic heterocycles. The molecule has 2 aliphatic carbocycles. The van der Waals surface area contributed by atoms with Crippen molar-refractivity contribution >= 4 is 5.97 Å². The fraction of sp³-hybridized carbons (Fsp3) is 0.593. The molecular weight excluding hydrogens is 442 g/mol. The third-order valence-electron chi connectivity index (χ3n) is 8.88. The lowest BCUT2D eigenvalue weighted by molar-refractivity contribution is -0.307. The molecule has 1 aromatic carbocycles. The molecule has 3 fully saturated rings. The van der Waals surface area contributed by atoms with Gasteiger partial charge in [0.05, 0.1) is 24.4 Å². The summed E-state index contributed by atoms with van der Waals surface area (Å²) in [5.41, 5.74) is 1.37. The Balaban J connectivity index is 1.37. The van der Waals surface area contributed by atoms with Crippen molar-refractivity contribution in [3.8, 4) is 0 Å². The van der Waals surface area contributed by atoms with Gasteiger partial charge in [-0.25, -0.2) is 13.6 Å². The Hall–Kier alpha value is -2.09. The molecule has 0 amide bonds. The first-order valence-corrected chi connectivity index (χ1v) is 12.1. The van der Waals surface area contributed by atoms with Crippen molar-refractivity contribution in [2.75, 3.05) is 13.2 Å². The quantitative estimate of drug-likeness (QED) is 0.491. The van der Waals surface area contributed by atoms with E-state index < -0.39 is 30.0 Å². The van der Waals surface area contributed by atoms with Crippen LogP contribution in [0.3, 0.4) is 0 Å². The fourth-order valence-corrected chi connectivity index (χ4v) is 7.15. The molecule has 0 bridgehead atoms. The van der Waals surface area contributed by atoms with Crippen molar-refractivity contribution in [1.82, 2.24) is 0 Å². The first kappa shape index (κ1) is 23.6. The van der Waals surface area contributed by atoms with Gasteiger partial charge in [-0.2, -0.15) is 0 Å². The summed E-state index contributed by atoms with van der Waals surface area (Å²) in [7, 11) is 0. The van der Waals surface area contributed by atoms with Crippen LogP contribution in [-0.2, 0) is 19.0 Å². The highest BCUT2D eigenvalue weighted by Gasteiger charge is 2.60. The van der Waals surface area contributed by atoms with Crippen LogP contribution in [0.15, 0.2) is 42.0 Å². The summed E-state index contributed by atoms with van der Waals surface area (Å²) in [6, 6.07) is 3.36. The minimum Gasteiger partial charge on any atom is -0.458 e. The number of fused-ring (bicyclic) bond motifs is 3. The number of carbonyl (C=O) groups excluding carboxylic acids is 1. The third-order valence-corrected chi connectivity index (χ3v) is 8.88. The van der Waals surface area contributed by atoms with Crippen molar-refractivity contribution in [3.63, 3.8) is 0 Å². The second-order valence-electron chi connectivity index (χ2n) is 10.8. The number of aliphatic hydroxyl groups is 1. The normalized spacial score (nSPS) is 38.6. The number of carbonyl (C=O) groups is 1. The first-order valence-electron chi connectivity index (χ1n) is 12.1. The smallest absolute Gasteiger partial charge is 0.336 e. The first-order chi connectivity index (χ1) is 16.1. The monoisotopic (exact) mass is 474 g/mol. The standard InChI is InChI=1S/C27H32F2O5/c1-15-4-5-22-26(2,20(15)13-21(30)19-7-9-32-24(19)31)8-6-23-27(22,3)14-33-25(34-23)16-10-17(28)12-18(29)11-16/h7,10-12,20-23,25,30H,1,4-6,8-9,13-14H2,2-3H3. The highest BCUT2D eigenvalue weighted by atomic mass is 19.1. The number of rotatable bonds is 4. The lowest BCUT2D eigenvalue weighted by atomic mass is 9.45. The Kier molecular flexibility index (Phi) is 5.94. The number of cyclic esters (lactones) is 1. The van der Waals surface area contributed by atoms with E-state index >= 15 is 0 Å². The van der Waals surface area contributed by atoms with Gasteiger partial charge in [-0.15, -0.1) is 0 Å². The van der Waals surface area contributed by atoms with E-state index in [0.29, 0.717) is 24.2 Å². The summed E-state index contributed by atoms with van der Waals surface area (Å²) in [5, 5.41) is 10.9. The van der Waals surface area contributed by atoms with Gasteiger partial charge >= 0.3 is 5.97 Å². The van der Waals surface area contributed by atoms with Crippen LogP contribution in [0.5, 0.6) is 0 Å². The molecule has 34 heavy (non-hydrogen) atoms. The zero-order valence-corrected chi connectivity index (χ0v) is 19.7. The van der Waals surface area contributed by atoms with E-state index in [1.807, 2.05) is 0 Å². The number of hydrogen-bond acceptors (Lipinski definition) is 5. The lowest BCUT2D eigenvalue weighted by Crippen LogP contribution is -2.60. The maximum Gasteiger partial charge on any atom is 0.336 e. The van der Waals surface area contributed by atoms with Crippen LogP contribution in [-0.4, -0.2) is 36.5 Å². The summed E-state index contributed by atoms with van der Waals surface area (Å²) in [6.45, 7) is 9.41. The van der Waals surface area contributed by atoms with Gasteiger partial charge in [-0.1, -0.05) is 26.0 Å². The van der Waals surface area contributed by atoms with E-state index in [1.54, 1.807) is 6.08 Å². The summed E-state index contributed by atoms with van der Waals surface area (Å²) >= 11 is 0. The van der Waals surface area contributed by atoms with Gasteiger partial charge in [0.15, 0.2) is 6.29 Å². The summed E-state index contributed by atoms with van der Waals surface area (Å²) < 4.78 is 44.9. The molecule has 0 spiro atoms. The molecule has 7 heteroatoms. The Bertz CT molecular complexity index is 1020. The van der Waals surface area contributed by atoms with Crippen LogP contribution in [0.2, 0.25) is 0 Å². The second kappa shape index (κ2) is 8.54. The van der Waals surface area contributed by atoms with Gasteiger partial charge in [0.25, 0.3) is 0 Å². The number of halogens is 2. The van der Waals surface area contributed by atoms with E-state index in [-0.39, 0.29) is 35.4 Å². The molecule has 2 saturated carbocycles. The molecule has 5 nitrogen and oxygen atoms in total. The maximum absolute atomic E-state index is 13.8. The Morgan fingerprint density at radius 1 is 1.18 bits per heavy atom. The van der Waals surface area contributed by atoms with Gasteiger partial charge in [0, 0.05) is 17.0 Å². The van der Waals surface area contributed by atoms with E-state index in [1.165, 1.54) is 12.1 Å². The number of allylic oxidation sites excluding steroid dienone is 1.